The molecule has 5 heteroatoms. The molecule has 0 radical (unpaired) electrons. The van der Waals surface area contributed by atoms with Crippen molar-refractivity contribution in [2.45, 2.75) is 76.8 Å². The van der Waals surface area contributed by atoms with Crippen molar-refractivity contribution >= 4 is 12.0 Å². The minimum absolute atomic E-state index is 0.0182. The molecule has 21 heavy (non-hydrogen) atoms. The minimum atomic E-state index is -0.776. The molecule has 1 aliphatic heterocycles. The number of likely N-dealkylation sites (tertiary alicyclic amines) is 1. The third-order valence-corrected chi connectivity index (χ3v) is 4.92. The summed E-state index contributed by atoms with van der Waals surface area (Å²) in [5.41, 5.74) is 0. The number of amides is 2. The highest BCUT2D eigenvalue weighted by Gasteiger charge is 2.29. The second kappa shape index (κ2) is 7.66. The van der Waals surface area contributed by atoms with Crippen LogP contribution in [0.5, 0.6) is 0 Å². The molecule has 2 N–H and O–H groups in total. The Hall–Kier alpha value is -1.26. The summed E-state index contributed by atoms with van der Waals surface area (Å²) in [6.45, 7) is 3.03. The Labute approximate surface area is 127 Å². The lowest BCUT2D eigenvalue weighted by Crippen LogP contribution is -2.51. The van der Waals surface area contributed by atoms with Gasteiger partial charge < -0.3 is 15.3 Å². The van der Waals surface area contributed by atoms with E-state index >= 15 is 0 Å². The average Bonchev–Trinajstić information content (AvgIpc) is 2.47. The summed E-state index contributed by atoms with van der Waals surface area (Å²) in [5.74, 6) is -0.00125. The second-order valence-electron chi connectivity index (χ2n) is 6.68. The number of carbonyl (C=O) groups excluding carboxylic acids is 1. The molecule has 2 rings (SSSR count). The first-order chi connectivity index (χ1) is 10.1. The molecule has 0 aromatic rings. The Kier molecular flexibility index (Phi) is 5.88. The van der Waals surface area contributed by atoms with Gasteiger partial charge >= 0.3 is 12.0 Å². The molecule has 1 aliphatic carbocycles. The summed E-state index contributed by atoms with van der Waals surface area (Å²) in [5, 5.41) is 12.0. The molecule has 2 fully saturated rings. The summed E-state index contributed by atoms with van der Waals surface area (Å²) < 4.78 is 0. The Morgan fingerprint density at radius 1 is 1.14 bits per heavy atom. The van der Waals surface area contributed by atoms with Gasteiger partial charge in [-0.05, 0) is 57.3 Å². The Morgan fingerprint density at radius 2 is 1.86 bits per heavy atom. The second-order valence-corrected chi connectivity index (χ2v) is 6.68. The number of nitrogens with one attached hydrogen (secondary N) is 1. The lowest BCUT2D eigenvalue weighted by molar-refractivity contribution is -0.137. The molecular weight excluding hydrogens is 268 g/mol. The molecule has 2 amide bonds. The Balaban J connectivity index is 1.84. The number of carboxylic acids is 1. The quantitative estimate of drug-likeness (QED) is 0.838. The number of aliphatic carboxylic acids is 1. The normalized spacial score (nSPS) is 30.0. The number of rotatable bonds is 4. The zero-order valence-electron chi connectivity index (χ0n) is 13.0. The highest BCUT2D eigenvalue weighted by atomic mass is 16.4. The number of carboxylic acid groups (broad SMARTS) is 1. The Morgan fingerprint density at radius 3 is 2.52 bits per heavy atom. The van der Waals surface area contributed by atoms with Crippen LogP contribution in [0.2, 0.25) is 0 Å². The summed E-state index contributed by atoms with van der Waals surface area (Å²) in [7, 11) is 0. The lowest BCUT2D eigenvalue weighted by atomic mass is 9.87. The number of hydrogen-bond donors (Lipinski definition) is 2. The molecule has 1 heterocycles. The molecule has 5 nitrogen and oxygen atoms in total. The van der Waals surface area contributed by atoms with E-state index in [0.29, 0.717) is 12.5 Å². The molecular formula is C16H28N2O3. The first-order valence-corrected chi connectivity index (χ1v) is 8.35. The SMILES string of the molecule is CC1CCC(NC(=O)N2CCCCC2CCC(=O)O)CC1. The molecule has 120 valence electrons. The molecule has 1 saturated carbocycles. The molecule has 1 atom stereocenters. The van der Waals surface area contributed by atoms with E-state index in [-0.39, 0.29) is 18.5 Å². The van der Waals surface area contributed by atoms with Crippen LogP contribution in [-0.2, 0) is 4.79 Å². The number of nitrogens with zero attached hydrogens (tertiary/aromatic N) is 1. The van der Waals surface area contributed by atoms with Crippen molar-refractivity contribution in [1.29, 1.82) is 0 Å². The fourth-order valence-electron chi connectivity index (χ4n) is 3.52. The van der Waals surface area contributed by atoms with Crippen LogP contribution in [0, 0.1) is 5.92 Å². The van der Waals surface area contributed by atoms with Gasteiger partial charge in [0.05, 0.1) is 0 Å². The van der Waals surface area contributed by atoms with Crippen molar-refractivity contribution in [3.8, 4) is 0 Å². The van der Waals surface area contributed by atoms with E-state index in [1.54, 1.807) is 0 Å². The maximum atomic E-state index is 12.5. The van der Waals surface area contributed by atoms with Gasteiger partial charge in [0.25, 0.3) is 0 Å². The van der Waals surface area contributed by atoms with Gasteiger partial charge in [0.15, 0.2) is 0 Å². The van der Waals surface area contributed by atoms with E-state index in [1.807, 2.05) is 4.90 Å². The van der Waals surface area contributed by atoms with Gasteiger partial charge in [0.2, 0.25) is 0 Å². The van der Waals surface area contributed by atoms with E-state index in [0.717, 1.165) is 44.6 Å². The van der Waals surface area contributed by atoms with Crippen LogP contribution in [-0.4, -0.2) is 40.6 Å². The van der Waals surface area contributed by atoms with E-state index in [4.69, 9.17) is 5.11 Å². The van der Waals surface area contributed by atoms with Crippen molar-refractivity contribution in [3.63, 3.8) is 0 Å². The highest BCUT2D eigenvalue weighted by Crippen LogP contribution is 2.25. The number of piperidine rings is 1. The van der Waals surface area contributed by atoms with Crippen LogP contribution in [0.25, 0.3) is 0 Å². The number of carbonyl (C=O) groups is 2. The van der Waals surface area contributed by atoms with E-state index in [2.05, 4.69) is 12.2 Å². The maximum Gasteiger partial charge on any atom is 0.317 e. The van der Waals surface area contributed by atoms with Crippen LogP contribution in [0.3, 0.4) is 0 Å². The van der Waals surface area contributed by atoms with Crippen molar-refractivity contribution in [2.75, 3.05) is 6.54 Å². The van der Waals surface area contributed by atoms with Crippen LogP contribution in [0.15, 0.2) is 0 Å². The van der Waals surface area contributed by atoms with Gasteiger partial charge in [-0.1, -0.05) is 6.92 Å². The van der Waals surface area contributed by atoms with Crippen molar-refractivity contribution in [3.05, 3.63) is 0 Å². The molecule has 0 spiro atoms. The smallest absolute Gasteiger partial charge is 0.317 e. The fourth-order valence-corrected chi connectivity index (χ4v) is 3.52. The molecule has 1 unspecified atom stereocenters. The van der Waals surface area contributed by atoms with Crippen molar-refractivity contribution in [1.82, 2.24) is 10.2 Å². The number of urea groups is 1. The van der Waals surface area contributed by atoms with Crippen LogP contribution in [0.4, 0.5) is 4.79 Å². The predicted molar refractivity (Wildman–Crippen MR) is 81.2 cm³/mol. The third kappa shape index (κ3) is 4.90. The minimum Gasteiger partial charge on any atom is -0.481 e. The van der Waals surface area contributed by atoms with E-state index < -0.39 is 5.97 Å². The highest BCUT2D eigenvalue weighted by molar-refractivity contribution is 5.75. The van der Waals surface area contributed by atoms with Gasteiger partial charge in [-0.25, -0.2) is 4.79 Å². The van der Waals surface area contributed by atoms with Crippen molar-refractivity contribution < 1.29 is 14.7 Å². The summed E-state index contributed by atoms with van der Waals surface area (Å²) in [4.78, 5) is 25.1. The summed E-state index contributed by atoms with van der Waals surface area (Å²) >= 11 is 0. The molecule has 0 aromatic heterocycles. The Bertz CT molecular complexity index is 365. The zero-order valence-corrected chi connectivity index (χ0v) is 13.0. The molecule has 1 saturated heterocycles. The lowest BCUT2D eigenvalue weighted by Gasteiger charge is -2.37. The summed E-state index contributed by atoms with van der Waals surface area (Å²) in [6, 6.07) is 0.415. The first-order valence-electron chi connectivity index (χ1n) is 8.35. The average molecular weight is 296 g/mol. The van der Waals surface area contributed by atoms with Gasteiger partial charge in [-0.3, -0.25) is 4.79 Å². The molecule has 0 bridgehead atoms. The third-order valence-electron chi connectivity index (χ3n) is 4.92. The van der Waals surface area contributed by atoms with Crippen LogP contribution >= 0.6 is 0 Å². The van der Waals surface area contributed by atoms with Crippen molar-refractivity contribution in [2.24, 2.45) is 5.92 Å². The fraction of sp³-hybridized carbons (Fsp3) is 0.875. The van der Waals surface area contributed by atoms with E-state index in [1.165, 1.54) is 12.8 Å². The van der Waals surface area contributed by atoms with Crippen LogP contribution < -0.4 is 5.32 Å². The number of hydrogen-bond acceptors (Lipinski definition) is 2. The topological polar surface area (TPSA) is 69.6 Å². The van der Waals surface area contributed by atoms with Crippen LogP contribution in [0.1, 0.15) is 64.7 Å². The van der Waals surface area contributed by atoms with Gasteiger partial charge in [0, 0.05) is 25.0 Å². The monoisotopic (exact) mass is 296 g/mol. The first kappa shape index (κ1) is 16.1. The van der Waals surface area contributed by atoms with E-state index in [9.17, 15) is 9.59 Å². The summed E-state index contributed by atoms with van der Waals surface area (Å²) in [6.07, 6.45) is 8.29. The maximum absolute atomic E-state index is 12.5. The standard InChI is InChI=1S/C16H28N2O3/c1-12-5-7-13(8-6-12)17-16(21)18-11-3-2-4-14(18)9-10-15(19)20/h12-14H,2-11H2,1H3,(H,17,21)(H,19,20). The molecule has 0 aromatic carbocycles. The van der Waals surface area contributed by atoms with Gasteiger partial charge in [0.1, 0.15) is 0 Å². The largest absolute Gasteiger partial charge is 0.481 e. The van der Waals surface area contributed by atoms with Gasteiger partial charge in [-0.2, -0.15) is 0 Å². The van der Waals surface area contributed by atoms with Gasteiger partial charge in [-0.15, -0.1) is 0 Å². The molecule has 2 aliphatic rings. The zero-order chi connectivity index (χ0) is 15.2. The predicted octanol–water partition coefficient (Wildman–Crippen LogP) is 2.99.